The van der Waals surface area contributed by atoms with Gasteiger partial charge >= 0.3 is 0 Å². The van der Waals surface area contributed by atoms with Crippen LogP contribution < -0.4 is 5.32 Å². The molecule has 2 fully saturated rings. The van der Waals surface area contributed by atoms with E-state index < -0.39 is 10.0 Å². The Labute approximate surface area is 117 Å². The Bertz CT molecular complexity index is 545. The summed E-state index contributed by atoms with van der Waals surface area (Å²) < 4.78 is 25.9. The topological polar surface area (TPSA) is 75.2 Å². The number of hydrogen-bond acceptors (Lipinski definition) is 6. The fourth-order valence-corrected chi connectivity index (χ4v) is 4.90. The van der Waals surface area contributed by atoms with Crippen molar-refractivity contribution in [1.82, 2.24) is 14.5 Å². The lowest BCUT2D eigenvalue weighted by Crippen LogP contribution is -2.43. The predicted octanol–water partition coefficient (Wildman–Crippen LogP) is 1.22. The summed E-state index contributed by atoms with van der Waals surface area (Å²) in [6.07, 6.45) is 3.35. The number of nitrogens with zero attached hydrogens (tertiary/aromatic N) is 3. The fourth-order valence-electron chi connectivity index (χ4n) is 2.36. The Hall–Kier alpha value is -0.730. The monoisotopic (exact) mass is 302 g/mol. The maximum atomic E-state index is 12.1. The zero-order chi connectivity index (χ0) is 13.5. The molecule has 0 bridgehead atoms. The van der Waals surface area contributed by atoms with Crippen LogP contribution in [0.4, 0.5) is 5.13 Å². The molecule has 0 spiro atoms. The molecule has 1 aromatic rings. The molecule has 0 radical (unpaired) electrons. The van der Waals surface area contributed by atoms with Crippen molar-refractivity contribution in [3.63, 3.8) is 0 Å². The van der Waals surface area contributed by atoms with E-state index in [-0.39, 0.29) is 5.25 Å². The molecule has 2 aliphatic rings. The van der Waals surface area contributed by atoms with E-state index in [0.717, 1.165) is 35.8 Å². The third kappa shape index (κ3) is 2.90. The number of aromatic nitrogens is 2. The van der Waals surface area contributed by atoms with Gasteiger partial charge in [-0.3, -0.25) is 0 Å². The van der Waals surface area contributed by atoms with Crippen LogP contribution in [0, 0.1) is 6.92 Å². The molecule has 1 aliphatic carbocycles. The first-order valence-corrected chi connectivity index (χ1v) is 8.93. The van der Waals surface area contributed by atoms with Gasteiger partial charge in [-0.25, -0.2) is 12.7 Å². The highest BCUT2D eigenvalue weighted by atomic mass is 32.2. The third-order valence-corrected chi connectivity index (χ3v) is 6.78. The summed E-state index contributed by atoms with van der Waals surface area (Å²) in [5.41, 5.74) is 0. The molecule has 106 valence electrons. The quantitative estimate of drug-likeness (QED) is 0.905. The fraction of sp³-hybridized carbons (Fsp3) is 0.818. The average molecular weight is 302 g/mol. The smallest absolute Gasteiger partial charge is 0.216 e. The molecule has 6 nitrogen and oxygen atoms in total. The molecule has 1 saturated carbocycles. The summed E-state index contributed by atoms with van der Waals surface area (Å²) >= 11 is 1.54. The molecule has 0 aromatic carbocycles. The van der Waals surface area contributed by atoms with Gasteiger partial charge in [0.15, 0.2) is 0 Å². The Morgan fingerprint density at radius 3 is 2.42 bits per heavy atom. The summed E-state index contributed by atoms with van der Waals surface area (Å²) in [7, 11) is -3.00. The van der Waals surface area contributed by atoms with Crippen LogP contribution in [0.15, 0.2) is 0 Å². The summed E-state index contributed by atoms with van der Waals surface area (Å²) in [6, 6.07) is 0.304. The minimum atomic E-state index is -3.00. The van der Waals surface area contributed by atoms with E-state index in [4.69, 9.17) is 0 Å². The number of anilines is 1. The largest absolute Gasteiger partial charge is 0.357 e. The highest BCUT2D eigenvalue weighted by molar-refractivity contribution is 7.90. The van der Waals surface area contributed by atoms with Crippen molar-refractivity contribution in [3.05, 3.63) is 5.01 Å². The zero-order valence-corrected chi connectivity index (χ0v) is 12.5. The molecule has 3 rings (SSSR count). The van der Waals surface area contributed by atoms with Crippen molar-refractivity contribution in [2.75, 3.05) is 18.4 Å². The van der Waals surface area contributed by atoms with Gasteiger partial charge in [-0.05, 0) is 32.6 Å². The lowest BCUT2D eigenvalue weighted by molar-refractivity contribution is 0.329. The molecular weight excluding hydrogens is 284 g/mol. The molecule has 0 unspecified atom stereocenters. The standard InChI is InChI=1S/C11H18N4O2S2/c1-8-13-14-11(18-8)12-9-4-6-15(7-5-9)19(16,17)10-2-3-10/h9-10H,2-7H2,1H3,(H,12,14). The van der Waals surface area contributed by atoms with Gasteiger partial charge in [-0.15, -0.1) is 10.2 Å². The van der Waals surface area contributed by atoms with E-state index in [1.807, 2.05) is 6.92 Å². The van der Waals surface area contributed by atoms with Gasteiger partial charge in [0.25, 0.3) is 0 Å². The Morgan fingerprint density at radius 2 is 1.89 bits per heavy atom. The maximum absolute atomic E-state index is 12.1. The molecule has 2 heterocycles. The molecule has 1 aliphatic heterocycles. The first-order chi connectivity index (χ1) is 9.05. The van der Waals surface area contributed by atoms with Gasteiger partial charge in [0.1, 0.15) is 5.01 Å². The number of rotatable bonds is 4. The van der Waals surface area contributed by atoms with E-state index in [2.05, 4.69) is 15.5 Å². The van der Waals surface area contributed by atoms with E-state index in [1.165, 1.54) is 11.3 Å². The first kappa shape index (κ1) is 13.3. The number of hydrogen-bond donors (Lipinski definition) is 1. The lowest BCUT2D eigenvalue weighted by Gasteiger charge is -2.31. The summed E-state index contributed by atoms with van der Waals surface area (Å²) in [6.45, 7) is 3.16. The van der Waals surface area contributed by atoms with Crippen LogP contribution in [0.2, 0.25) is 0 Å². The number of aryl methyl sites for hydroxylation is 1. The first-order valence-electron chi connectivity index (χ1n) is 6.61. The van der Waals surface area contributed by atoms with E-state index in [0.29, 0.717) is 19.1 Å². The van der Waals surface area contributed by atoms with Gasteiger partial charge in [-0.2, -0.15) is 0 Å². The SMILES string of the molecule is Cc1nnc(NC2CCN(S(=O)(=O)C3CC3)CC2)s1. The van der Waals surface area contributed by atoms with Gasteiger partial charge in [0.05, 0.1) is 5.25 Å². The zero-order valence-electron chi connectivity index (χ0n) is 10.9. The van der Waals surface area contributed by atoms with Crippen LogP contribution in [0.25, 0.3) is 0 Å². The Balaban J connectivity index is 1.54. The van der Waals surface area contributed by atoms with Gasteiger partial charge in [0, 0.05) is 19.1 Å². The third-order valence-electron chi connectivity index (χ3n) is 3.61. The molecular formula is C11H18N4O2S2. The summed E-state index contributed by atoms with van der Waals surface area (Å²) in [5, 5.41) is 13.0. The second kappa shape index (κ2) is 4.99. The molecule has 0 atom stereocenters. The van der Waals surface area contributed by atoms with Crippen molar-refractivity contribution in [1.29, 1.82) is 0 Å². The summed E-state index contributed by atoms with van der Waals surface area (Å²) in [4.78, 5) is 0. The average Bonchev–Trinajstić information content (AvgIpc) is 3.16. The predicted molar refractivity (Wildman–Crippen MR) is 74.8 cm³/mol. The lowest BCUT2D eigenvalue weighted by atomic mass is 10.1. The van der Waals surface area contributed by atoms with Crippen molar-refractivity contribution in [2.24, 2.45) is 0 Å². The van der Waals surface area contributed by atoms with Crippen molar-refractivity contribution in [2.45, 2.75) is 43.9 Å². The van der Waals surface area contributed by atoms with Gasteiger partial charge in [0.2, 0.25) is 15.2 Å². The van der Waals surface area contributed by atoms with Crippen LogP contribution >= 0.6 is 11.3 Å². The number of piperidine rings is 1. The highest BCUT2D eigenvalue weighted by Gasteiger charge is 2.41. The number of nitrogens with one attached hydrogen (secondary N) is 1. The second-order valence-corrected chi connectivity index (χ2v) is 8.58. The number of sulfonamides is 1. The maximum Gasteiger partial charge on any atom is 0.216 e. The van der Waals surface area contributed by atoms with E-state index in [9.17, 15) is 8.42 Å². The molecule has 1 aromatic heterocycles. The Morgan fingerprint density at radius 1 is 1.21 bits per heavy atom. The van der Waals surface area contributed by atoms with Crippen molar-refractivity contribution >= 4 is 26.5 Å². The van der Waals surface area contributed by atoms with Crippen LogP contribution in [0.1, 0.15) is 30.7 Å². The second-order valence-electron chi connectivity index (χ2n) is 5.19. The van der Waals surface area contributed by atoms with Gasteiger partial charge in [-0.1, -0.05) is 11.3 Å². The van der Waals surface area contributed by atoms with Crippen LogP contribution in [-0.2, 0) is 10.0 Å². The molecule has 8 heteroatoms. The minimum absolute atomic E-state index is 0.0946. The van der Waals surface area contributed by atoms with Crippen LogP contribution in [0.3, 0.4) is 0 Å². The summed E-state index contributed by atoms with van der Waals surface area (Å²) in [5.74, 6) is 0. The van der Waals surface area contributed by atoms with Crippen molar-refractivity contribution in [3.8, 4) is 0 Å². The Kier molecular flexibility index (Phi) is 3.48. The van der Waals surface area contributed by atoms with Crippen LogP contribution in [-0.4, -0.2) is 47.3 Å². The van der Waals surface area contributed by atoms with Crippen molar-refractivity contribution < 1.29 is 8.42 Å². The minimum Gasteiger partial charge on any atom is -0.357 e. The van der Waals surface area contributed by atoms with E-state index in [1.54, 1.807) is 4.31 Å². The molecule has 0 amide bonds. The normalized spacial score (nSPS) is 22.6. The van der Waals surface area contributed by atoms with E-state index >= 15 is 0 Å². The highest BCUT2D eigenvalue weighted by Crippen LogP contribution is 2.32. The molecule has 1 N–H and O–H groups in total. The van der Waals surface area contributed by atoms with Crippen LogP contribution in [0.5, 0.6) is 0 Å². The van der Waals surface area contributed by atoms with Gasteiger partial charge < -0.3 is 5.32 Å². The molecule has 1 saturated heterocycles. The molecule has 19 heavy (non-hydrogen) atoms.